The number of carbonyl (C=O) groups is 1. The number of carboxylic acids is 1. The van der Waals surface area contributed by atoms with E-state index in [-0.39, 0.29) is 28.8 Å². The first-order valence-corrected chi connectivity index (χ1v) is 7.25. The van der Waals surface area contributed by atoms with Crippen LogP contribution in [0.2, 0.25) is 5.02 Å². The van der Waals surface area contributed by atoms with Crippen molar-refractivity contribution in [1.29, 1.82) is 0 Å². The fourth-order valence-corrected chi connectivity index (χ4v) is 2.79. The smallest absolute Gasteiger partial charge is 0.303 e. The Morgan fingerprint density at radius 3 is 2.68 bits per heavy atom. The highest BCUT2D eigenvalue weighted by Crippen LogP contribution is 2.19. The van der Waals surface area contributed by atoms with Gasteiger partial charge in [-0.05, 0) is 24.1 Å². The first-order chi connectivity index (χ1) is 8.72. The number of aliphatic carboxylic acids is 1. The molecule has 0 spiro atoms. The van der Waals surface area contributed by atoms with E-state index < -0.39 is 21.8 Å². The Kier molecular flexibility index (Phi) is 5.28. The molecule has 0 saturated heterocycles. The highest BCUT2D eigenvalue weighted by atomic mass is 35.5. The fraction of sp³-hybridized carbons (Fsp3) is 0.364. The van der Waals surface area contributed by atoms with Crippen LogP contribution in [0.5, 0.6) is 0 Å². The highest BCUT2D eigenvalue weighted by Gasteiger charge is 2.17. The molecule has 1 aromatic rings. The van der Waals surface area contributed by atoms with Gasteiger partial charge in [0, 0.05) is 13.0 Å². The maximum atomic E-state index is 12.9. The van der Waals surface area contributed by atoms with Gasteiger partial charge in [0.05, 0.1) is 9.92 Å². The van der Waals surface area contributed by atoms with Crippen LogP contribution in [0.25, 0.3) is 0 Å². The van der Waals surface area contributed by atoms with Crippen molar-refractivity contribution in [2.24, 2.45) is 5.92 Å². The molecule has 0 aliphatic carbocycles. The molecule has 0 aliphatic rings. The summed E-state index contributed by atoms with van der Waals surface area (Å²) in [7, 11) is -3.82. The Morgan fingerprint density at radius 1 is 1.53 bits per heavy atom. The van der Waals surface area contributed by atoms with Gasteiger partial charge in [-0.2, -0.15) is 0 Å². The molecule has 5 nitrogen and oxygen atoms in total. The zero-order valence-corrected chi connectivity index (χ0v) is 11.6. The third-order valence-electron chi connectivity index (χ3n) is 2.35. The van der Waals surface area contributed by atoms with E-state index in [1.165, 1.54) is 0 Å². The molecule has 2 N–H and O–H groups in total. The zero-order chi connectivity index (χ0) is 14.6. The van der Waals surface area contributed by atoms with Crippen LogP contribution >= 0.6 is 11.6 Å². The van der Waals surface area contributed by atoms with E-state index >= 15 is 0 Å². The molecule has 0 radical (unpaired) electrons. The molecule has 0 saturated carbocycles. The first kappa shape index (κ1) is 15.9. The van der Waals surface area contributed by atoms with E-state index in [0.29, 0.717) is 0 Å². The van der Waals surface area contributed by atoms with Crippen molar-refractivity contribution >= 4 is 27.6 Å². The maximum absolute atomic E-state index is 12.9. The van der Waals surface area contributed by atoms with Crippen LogP contribution in [0.3, 0.4) is 0 Å². The quantitative estimate of drug-likeness (QED) is 0.840. The molecule has 0 aromatic heterocycles. The van der Waals surface area contributed by atoms with Crippen molar-refractivity contribution in [2.75, 3.05) is 6.54 Å². The average Bonchev–Trinajstić information content (AvgIpc) is 2.29. The van der Waals surface area contributed by atoms with Crippen molar-refractivity contribution in [3.63, 3.8) is 0 Å². The third-order valence-corrected chi connectivity index (χ3v) is 4.06. The minimum absolute atomic E-state index is 0.0242. The standard InChI is InChI=1S/C11H13ClFNO4S/c1-7(4-11(15)16)6-14-19(17,18)8-2-3-10(13)9(12)5-8/h2-3,5,7,14H,4,6H2,1H3,(H,15,16). The van der Waals surface area contributed by atoms with E-state index in [2.05, 4.69) is 4.72 Å². The second kappa shape index (κ2) is 6.31. The first-order valence-electron chi connectivity index (χ1n) is 5.39. The Hall–Kier alpha value is -1.18. The van der Waals surface area contributed by atoms with Crippen LogP contribution in [-0.4, -0.2) is 26.0 Å². The summed E-state index contributed by atoms with van der Waals surface area (Å²) in [5.74, 6) is -2.07. The summed E-state index contributed by atoms with van der Waals surface area (Å²) in [4.78, 5) is 10.3. The molecule has 1 aromatic carbocycles. The van der Waals surface area contributed by atoms with Crippen molar-refractivity contribution < 1.29 is 22.7 Å². The summed E-state index contributed by atoms with van der Waals surface area (Å²) in [5.41, 5.74) is 0. The summed E-state index contributed by atoms with van der Waals surface area (Å²) in [6.45, 7) is 1.58. The number of nitrogens with one attached hydrogen (secondary N) is 1. The van der Waals surface area contributed by atoms with Crippen molar-refractivity contribution in [1.82, 2.24) is 4.72 Å². The van der Waals surface area contributed by atoms with Crippen LogP contribution in [0.4, 0.5) is 4.39 Å². The fourth-order valence-electron chi connectivity index (χ4n) is 1.35. The normalized spacial score (nSPS) is 13.2. The molecule has 0 fully saturated rings. The predicted molar refractivity (Wildman–Crippen MR) is 68.0 cm³/mol. The Bertz CT molecular complexity index is 576. The average molecular weight is 310 g/mol. The Balaban J connectivity index is 2.76. The molecule has 106 valence electrons. The van der Waals surface area contributed by atoms with Gasteiger partial charge < -0.3 is 5.11 Å². The molecule has 19 heavy (non-hydrogen) atoms. The number of hydrogen-bond donors (Lipinski definition) is 2. The van der Waals surface area contributed by atoms with E-state index in [9.17, 15) is 17.6 Å². The Labute approximate surface area is 115 Å². The topological polar surface area (TPSA) is 83.5 Å². The molecule has 1 rings (SSSR count). The monoisotopic (exact) mass is 309 g/mol. The molecule has 0 aliphatic heterocycles. The number of carboxylic acid groups (broad SMARTS) is 1. The second-order valence-electron chi connectivity index (χ2n) is 4.13. The van der Waals surface area contributed by atoms with E-state index in [1.807, 2.05) is 0 Å². The second-order valence-corrected chi connectivity index (χ2v) is 6.31. The lowest BCUT2D eigenvalue weighted by molar-refractivity contribution is -0.137. The molecule has 0 amide bonds. The molecular weight excluding hydrogens is 297 g/mol. The van der Waals surface area contributed by atoms with Crippen molar-refractivity contribution in [3.05, 3.63) is 29.0 Å². The van der Waals surface area contributed by atoms with Gasteiger partial charge in [-0.15, -0.1) is 0 Å². The van der Waals surface area contributed by atoms with Gasteiger partial charge in [0.25, 0.3) is 0 Å². The van der Waals surface area contributed by atoms with Crippen LogP contribution in [0, 0.1) is 11.7 Å². The molecule has 8 heteroatoms. The predicted octanol–water partition coefficient (Wildman–Crippen LogP) is 1.87. The molecule has 1 unspecified atom stereocenters. The third kappa shape index (κ3) is 4.77. The summed E-state index contributed by atoms with van der Waals surface area (Å²) in [6.07, 6.45) is -0.146. The summed E-state index contributed by atoms with van der Waals surface area (Å²) < 4.78 is 38.9. The largest absolute Gasteiger partial charge is 0.481 e. The highest BCUT2D eigenvalue weighted by molar-refractivity contribution is 7.89. The van der Waals surface area contributed by atoms with Gasteiger partial charge >= 0.3 is 5.97 Å². The van der Waals surface area contributed by atoms with Gasteiger partial charge in [-0.1, -0.05) is 18.5 Å². The molecule has 0 bridgehead atoms. The summed E-state index contributed by atoms with van der Waals surface area (Å²) in [5, 5.41) is 8.27. The van der Waals surface area contributed by atoms with E-state index in [0.717, 1.165) is 18.2 Å². The van der Waals surface area contributed by atoms with E-state index in [4.69, 9.17) is 16.7 Å². The van der Waals surface area contributed by atoms with Gasteiger partial charge in [0.15, 0.2) is 0 Å². The maximum Gasteiger partial charge on any atom is 0.303 e. The van der Waals surface area contributed by atoms with Crippen molar-refractivity contribution in [2.45, 2.75) is 18.2 Å². The minimum Gasteiger partial charge on any atom is -0.481 e. The molecule has 0 heterocycles. The lowest BCUT2D eigenvalue weighted by Gasteiger charge is -2.11. The number of hydrogen-bond acceptors (Lipinski definition) is 3. The Morgan fingerprint density at radius 2 is 2.16 bits per heavy atom. The number of rotatable bonds is 6. The van der Waals surface area contributed by atoms with Gasteiger partial charge in [-0.25, -0.2) is 17.5 Å². The van der Waals surface area contributed by atoms with Crippen LogP contribution < -0.4 is 4.72 Å². The van der Waals surface area contributed by atoms with Crippen LogP contribution in [0.15, 0.2) is 23.1 Å². The molecular formula is C11H13ClFNO4S. The summed E-state index contributed by atoms with van der Waals surface area (Å²) >= 11 is 5.51. The van der Waals surface area contributed by atoms with Gasteiger partial charge in [0.2, 0.25) is 10.0 Å². The van der Waals surface area contributed by atoms with Gasteiger partial charge in [-0.3, -0.25) is 4.79 Å². The van der Waals surface area contributed by atoms with Crippen molar-refractivity contribution in [3.8, 4) is 0 Å². The molecule has 1 atom stereocenters. The SMILES string of the molecule is CC(CNS(=O)(=O)c1ccc(F)c(Cl)c1)CC(=O)O. The van der Waals surface area contributed by atoms with Crippen LogP contribution in [0.1, 0.15) is 13.3 Å². The minimum atomic E-state index is -3.82. The van der Waals surface area contributed by atoms with Gasteiger partial charge in [0.1, 0.15) is 5.82 Å². The number of sulfonamides is 1. The lowest BCUT2D eigenvalue weighted by atomic mass is 10.1. The van der Waals surface area contributed by atoms with E-state index in [1.54, 1.807) is 6.92 Å². The summed E-state index contributed by atoms with van der Waals surface area (Å²) in [6, 6.07) is 3.05. The lowest BCUT2D eigenvalue weighted by Crippen LogP contribution is -2.29. The van der Waals surface area contributed by atoms with Crippen LogP contribution in [-0.2, 0) is 14.8 Å². The number of benzene rings is 1. The number of halogens is 2. The zero-order valence-electron chi connectivity index (χ0n) is 10.1.